The van der Waals surface area contributed by atoms with Crippen molar-refractivity contribution < 1.29 is 99.8 Å². The molecule has 4 amide bonds. The van der Waals surface area contributed by atoms with E-state index in [1.54, 1.807) is 0 Å². The maximum atomic E-state index is 13.3. The largest absolute Gasteiger partial charge is 0.460 e. The van der Waals surface area contributed by atoms with E-state index in [1.807, 2.05) is 65.8 Å². The number of alkyl carbamates (subject to hydrolysis) is 1. The van der Waals surface area contributed by atoms with Gasteiger partial charge < -0.3 is 91.9 Å². The first kappa shape index (κ1) is 74.8. The predicted molar refractivity (Wildman–Crippen MR) is 316 cm³/mol. The Kier molecular flexibility index (Phi) is 40.6. The molecule has 0 aromatic heterocycles. The molecule has 86 heavy (non-hydrogen) atoms. The zero-order valence-electron chi connectivity index (χ0n) is 51.8. The quantitative estimate of drug-likeness (QED) is 0.0479. The summed E-state index contributed by atoms with van der Waals surface area (Å²) in [5.74, 6) is -1.63. The average molecular weight is 1220 g/mol. The number of nitrogens with one attached hydrogen (secondary N) is 3. The topological polar surface area (TPSA) is 280 Å². The summed E-state index contributed by atoms with van der Waals surface area (Å²) in [6, 6.07) is 16.3. The molecule has 25 heteroatoms. The summed E-state index contributed by atoms with van der Waals surface area (Å²) in [7, 11) is 0. The Labute approximate surface area is 507 Å². The number of carbonyl (C=O) groups is 6. The highest BCUT2D eigenvalue weighted by Gasteiger charge is 2.29. The van der Waals surface area contributed by atoms with Crippen molar-refractivity contribution in [1.29, 1.82) is 0 Å². The van der Waals surface area contributed by atoms with E-state index >= 15 is 0 Å². The number of amides is 4. The van der Waals surface area contributed by atoms with Gasteiger partial charge in [-0.1, -0.05) is 48.5 Å². The first-order valence-electron chi connectivity index (χ1n) is 29.8. The molecular weight excluding hydrogens is 1120 g/mol. The second-order valence-corrected chi connectivity index (χ2v) is 21.4. The number of ether oxygens (including phenoxy) is 15. The highest BCUT2D eigenvalue weighted by molar-refractivity contribution is 5.80. The van der Waals surface area contributed by atoms with Gasteiger partial charge in [0.2, 0.25) is 17.7 Å². The van der Waals surface area contributed by atoms with E-state index in [4.69, 9.17) is 71.1 Å². The second kappa shape index (κ2) is 46.7. The van der Waals surface area contributed by atoms with Crippen molar-refractivity contribution in [2.24, 2.45) is 0 Å². The van der Waals surface area contributed by atoms with Crippen LogP contribution in [0.4, 0.5) is 4.79 Å². The van der Waals surface area contributed by atoms with Crippen LogP contribution in [0.2, 0.25) is 0 Å². The minimum atomic E-state index is -0.504. The zero-order valence-corrected chi connectivity index (χ0v) is 51.8. The van der Waals surface area contributed by atoms with Crippen LogP contribution in [0.1, 0.15) is 84.3 Å². The van der Waals surface area contributed by atoms with Crippen molar-refractivity contribution in [1.82, 2.24) is 20.9 Å². The Bertz CT molecular complexity index is 2060. The SMILES string of the molecule is CC(C)(C)OC(=O)CCCOCCOCCOCCOCC(=O)NCCN(CCNC(=O)COCCOCCOCCOCCCC(=O)OC(C)(C)C)C(=O)COCCOCCOCCOCCNC(=O)OCC1c2ccccc2-c2ccccc21. The second-order valence-electron chi connectivity index (χ2n) is 21.4. The summed E-state index contributed by atoms with van der Waals surface area (Å²) >= 11 is 0. The molecule has 2 aromatic rings. The van der Waals surface area contributed by atoms with Gasteiger partial charge >= 0.3 is 18.0 Å². The van der Waals surface area contributed by atoms with E-state index in [9.17, 15) is 28.8 Å². The Balaban J connectivity index is 1.21. The molecule has 0 spiro atoms. The molecule has 0 fully saturated rings. The van der Waals surface area contributed by atoms with Gasteiger partial charge in [0.25, 0.3) is 0 Å². The van der Waals surface area contributed by atoms with Crippen LogP contribution >= 0.6 is 0 Å². The lowest BCUT2D eigenvalue weighted by Gasteiger charge is -2.23. The lowest BCUT2D eigenvalue weighted by atomic mass is 9.98. The Morgan fingerprint density at radius 1 is 0.407 bits per heavy atom. The van der Waals surface area contributed by atoms with Crippen molar-refractivity contribution in [3.63, 3.8) is 0 Å². The zero-order chi connectivity index (χ0) is 62.4. The fraction of sp³-hybridized carbons (Fsp3) is 0.705. The number of fused-ring (bicyclic) bond motifs is 3. The smallest absolute Gasteiger partial charge is 0.407 e. The van der Waals surface area contributed by atoms with E-state index in [2.05, 4.69) is 40.2 Å². The number of hydrogen-bond acceptors (Lipinski definition) is 21. The molecule has 25 nitrogen and oxygen atoms in total. The van der Waals surface area contributed by atoms with E-state index < -0.39 is 17.3 Å². The molecule has 3 N–H and O–H groups in total. The number of esters is 2. The first-order chi connectivity index (χ1) is 41.5. The van der Waals surface area contributed by atoms with Gasteiger partial charge in [0, 0.05) is 64.7 Å². The summed E-state index contributed by atoms with van der Waals surface area (Å²) in [4.78, 5) is 75.7. The molecule has 0 radical (unpaired) electrons. The molecule has 0 saturated heterocycles. The summed E-state index contributed by atoms with van der Waals surface area (Å²) in [5.41, 5.74) is 3.62. The van der Waals surface area contributed by atoms with Gasteiger partial charge in [-0.15, -0.1) is 0 Å². The van der Waals surface area contributed by atoms with E-state index in [0.29, 0.717) is 125 Å². The maximum Gasteiger partial charge on any atom is 0.407 e. The van der Waals surface area contributed by atoms with Crippen molar-refractivity contribution in [2.75, 3.05) is 198 Å². The van der Waals surface area contributed by atoms with E-state index in [0.717, 1.165) is 11.1 Å². The minimum Gasteiger partial charge on any atom is -0.460 e. The monoisotopic (exact) mass is 1220 g/mol. The van der Waals surface area contributed by atoms with Gasteiger partial charge in [0.1, 0.15) is 37.6 Å². The third-order valence-electron chi connectivity index (χ3n) is 11.8. The molecule has 0 atom stereocenters. The Morgan fingerprint density at radius 3 is 1.13 bits per heavy atom. The van der Waals surface area contributed by atoms with Crippen LogP contribution in [0.3, 0.4) is 0 Å². The fourth-order valence-corrected chi connectivity index (χ4v) is 7.98. The van der Waals surface area contributed by atoms with Gasteiger partial charge in [-0.2, -0.15) is 0 Å². The highest BCUT2D eigenvalue weighted by atomic mass is 16.6. The van der Waals surface area contributed by atoms with E-state index in [1.165, 1.54) is 16.0 Å². The number of benzene rings is 2. The van der Waals surface area contributed by atoms with Crippen LogP contribution in [0.15, 0.2) is 48.5 Å². The molecular formula is C61H98N4O21. The third-order valence-corrected chi connectivity index (χ3v) is 11.8. The third kappa shape index (κ3) is 38.7. The minimum absolute atomic E-state index is 0.0153. The van der Waals surface area contributed by atoms with E-state index in [-0.39, 0.29) is 134 Å². The maximum absolute atomic E-state index is 13.3. The van der Waals surface area contributed by atoms with Crippen LogP contribution in [0.5, 0.6) is 0 Å². The molecule has 0 saturated carbocycles. The van der Waals surface area contributed by atoms with Crippen LogP contribution in [0.25, 0.3) is 11.1 Å². The van der Waals surface area contributed by atoms with Gasteiger partial charge in [-0.05, 0) is 76.6 Å². The van der Waals surface area contributed by atoms with Crippen LogP contribution in [-0.2, 0) is 95.0 Å². The normalized spacial score (nSPS) is 12.1. The van der Waals surface area contributed by atoms with Crippen LogP contribution in [0, 0.1) is 0 Å². The summed E-state index contributed by atoms with van der Waals surface area (Å²) in [6.45, 7) is 17.9. The van der Waals surface area contributed by atoms with Crippen LogP contribution < -0.4 is 16.0 Å². The molecule has 1 aliphatic carbocycles. The summed E-state index contributed by atoms with van der Waals surface area (Å²) in [6.07, 6.45) is 1.22. The lowest BCUT2D eigenvalue weighted by molar-refractivity contribution is -0.156. The predicted octanol–water partition coefficient (Wildman–Crippen LogP) is 4.03. The van der Waals surface area contributed by atoms with Gasteiger partial charge in [0.05, 0.1) is 126 Å². The lowest BCUT2D eigenvalue weighted by Crippen LogP contribution is -2.45. The molecule has 0 aliphatic heterocycles. The number of nitrogens with zero attached hydrogens (tertiary/aromatic N) is 1. The fourth-order valence-electron chi connectivity index (χ4n) is 7.98. The van der Waals surface area contributed by atoms with Crippen LogP contribution in [-0.4, -0.2) is 250 Å². The average Bonchev–Trinajstić information content (AvgIpc) is 1.76. The van der Waals surface area contributed by atoms with Crippen molar-refractivity contribution >= 4 is 35.8 Å². The molecule has 488 valence electrons. The Morgan fingerprint density at radius 2 is 0.744 bits per heavy atom. The molecule has 0 bridgehead atoms. The molecule has 2 aromatic carbocycles. The molecule has 3 rings (SSSR count). The highest BCUT2D eigenvalue weighted by Crippen LogP contribution is 2.44. The number of carbonyl (C=O) groups excluding carboxylic acids is 6. The van der Waals surface area contributed by atoms with Gasteiger partial charge in [-0.3, -0.25) is 24.0 Å². The molecule has 1 aliphatic rings. The number of hydrogen-bond donors (Lipinski definition) is 3. The summed E-state index contributed by atoms with van der Waals surface area (Å²) < 4.78 is 82.2. The van der Waals surface area contributed by atoms with Crippen molar-refractivity contribution in [3.05, 3.63) is 59.7 Å². The summed E-state index contributed by atoms with van der Waals surface area (Å²) in [5, 5.41) is 8.21. The molecule has 0 unspecified atom stereocenters. The first-order valence-corrected chi connectivity index (χ1v) is 29.8. The van der Waals surface area contributed by atoms with Crippen molar-refractivity contribution in [3.8, 4) is 11.1 Å². The van der Waals surface area contributed by atoms with Gasteiger partial charge in [-0.25, -0.2) is 4.79 Å². The Hall–Kier alpha value is -5.42. The standard InChI is InChI=1S/C61H98N4O21/c1-60(2,3)85-57(69)17-11-24-72-27-30-75-33-36-78-39-42-81-46-54(66)62-19-22-65(23-20-63-55(67)47-82-43-40-79-37-34-76-31-28-73-25-12-18-58(70)86-61(4,5)6)56(68)48-83-44-41-80-38-35-77-32-29-74-26-21-64-59(71)84-45-53-51-15-9-7-13-49(51)50-14-8-10-16-52(50)53/h7-10,13-16,53H,11-12,17-48H2,1-6H3,(H,62,66)(H,63,67)(H,64,71). The molecule has 0 heterocycles. The van der Waals surface area contributed by atoms with Gasteiger partial charge in [0.15, 0.2) is 0 Å². The number of rotatable bonds is 52. The van der Waals surface area contributed by atoms with Crippen molar-refractivity contribution in [2.45, 2.75) is 84.3 Å².